The second kappa shape index (κ2) is 5.67. The molecule has 0 aliphatic rings. The molecule has 2 rings (SSSR count). The average molecular weight is 255 g/mol. The number of carbonyl (C=O) groups excluding carboxylic acids is 1. The first-order valence-corrected chi connectivity index (χ1v) is 6.23. The van der Waals surface area contributed by atoms with Crippen LogP contribution in [-0.4, -0.2) is 11.0 Å². The fourth-order valence-electron chi connectivity index (χ4n) is 1.99. The van der Waals surface area contributed by atoms with Crippen LogP contribution < -0.4 is 5.32 Å². The normalized spacial score (nSPS) is 11.9. The van der Waals surface area contributed by atoms with E-state index in [9.17, 15) is 9.90 Å². The van der Waals surface area contributed by atoms with Gasteiger partial charge in [0.2, 0.25) is 0 Å². The van der Waals surface area contributed by atoms with E-state index >= 15 is 0 Å². The maximum Gasteiger partial charge on any atom is 0.255 e. The highest BCUT2D eigenvalue weighted by Crippen LogP contribution is 2.23. The van der Waals surface area contributed by atoms with Crippen molar-refractivity contribution in [2.24, 2.45) is 0 Å². The van der Waals surface area contributed by atoms with Crippen LogP contribution in [0.4, 0.5) is 5.69 Å². The first-order valence-electron chi connectivity index (χ1n) is 6.23. The van der Waals surface area contributed by atoms with Gasteiger partial charge >= 0.3 is 0 Å². The Morgan fingerprint density at radius 3 is 2.42 bits per heavy atom. The van der Waals surface area contributed by atoms with Crippen molar-refractivity contribution in [2.45, 2.75) is 20.0 Å². The molecule has 19 heavy (non-hydrogen) atoms. The van der Waals surface area contributed by atoms with E-state index < -0.39 is 6.10 Å². The summed E-state index contributed by atoms with van der Waals surface area (Å²) in [6.07, 6.45) is -0.617. The van der Waals surface area contributed by atoms with Gasteiger partial charge in [-0.1, -0.05) is 36.4 Å². The number of rotatable bonds is 3. The van der Waals surface area contributed by atoms with E-state index in [0.29, 0.717) is 16.8 Å². The lowest BCUT2D eigenvalue weighted by atomic mass is 10.1. The molecule has 2 N–H and O–H groups in total. The zero-order chi connectivity index (χ0) is 13.8. The molecule has 0 aromatic heterocycles. The number of aliphatic hydroxyl groups is 1. The van der Waals surface area contributed by atoms with Gasteiger partial charge in [0.1, 0.15) is 0 Å². The standard InChI is InChI=1S/C16H17NO2/c1-11-7-3-4-8-13(11)16(19)17-15-10-6-5-9-14(15)12(2)18/h3-10,12,18H,1-2H3,(H,17,19). The Morgan fingerprint density at radius 1 is 1.11 bits per heavy atom. The van der Waals surface area contributed by atoms with Gasteiger partial charge in [0, 0.05) is 16.8 Å². The van der Waals surface area contributed by atoms with Crippen LogP contribution in [0.15, 0.2) is 48.5 Å². The summed E-state index contributed by atoms with van der Waals surface area (Å²) in [6, 6.07) is 14.7. The Bertz CT molecular complexity index is 591. The number of aliphatic hydroxyl groups excluding tert-OH is 1. The number of carbonyl (C=O) groups is 1. The quantitative estimate of drug-likeness (QED) is 0.884. The van der Waals surface area contributed by atoms with Crippen molar-refractivity contribution >= 4 is 11.6 Å². The van der Waals surface area contributed by atoms with E-state index in [0.717, 1.165) is 5.56 Å². The number of para-hydroxylation sites is 1. The highest BCUT2D eigenvalue weighted by molar-refractivity contribution is 6.05. The highest BCUT2D eigenvalue weighted by Gasteiger charge is 2.12. The third-order valence-electron chi connectivity index (χ3n) is 3.05. The van der Waals surface area contributed by atoms with Crippen LogP contribution >= 0.6 is 0 Å². The molecule has 0 saturated heterocycles. The average Bonchev–Trinajstić information content (AvgIpc) is 2.39. The Morgan fingerprint density at radius 2 is 1.74 bits per heavy atom. The van der Waals surface area contributed by atoms with Crippen LogP contribution in [-0.2, 0) is 0 Å². The van der Waals surface area contributed by atoms with Gasteiger partial charge in [-0.05, 0) is 31.5 Å². The highest BCUT2D eigenvalue weighted by atomic mass is 16.3. The lowest BCUT2D eigenvalue weighted by Gasteiger charge is -2.13. The van der Waals surface area contributed by atoms with E-state index in [1.807, 2.05) is 37.3 Å². The Labute approximate surface area is 112 Å². The van der Waals surface area contributed by atoms with Gasteiger partial charge in [-0.25, -0.2) is 0 Å². The van der Waals surface area contributed by atoms with Crippen LogP contribution in [0, 0.1) is 6.92 Å². The van der Waals surface area contributed by atoms with Crippen LogP contribution in [0.25, 0.3) is 0 Å². The molecule has 98 valence electrons. The van der Waals surface area contributed by atoms with E-state index in [1.165, 1.54) is 0 Å². The molecular formula is C16H17NO2. The number of amides is 1. The molecule has 0 radical (unpaired) electrons. The Balaban J connectivity index is 2.27. The fourth-order valence-corrected chi connectivity index (χ4v) is 1.99. The van der Waals surface area contributed by atoms with Gasteiger partial charge in [0.15, 0.2) is 0 Å². The molecule has 1 amide bonds. The maximum absolute atomic E-state index is 12.2. The van der Waals surface area contributed by atoms with Gasteiger partial charge in [-0.2, -0.15) is 0 Å². The number of anilines is 1. The van der Waals surface area contributed by atoms with Crippen LogP contribution in [0.5, 0.6) is 0 Å². The molecule has 3 heteroatoms. The van der Waals surface area contributed by atoms with Crippen molar-refractivity contribution in [1.29, 1.82) is 0 Å². The van der Waals surface area contributed by atoms with Crippen LogP contribution in [0.3, 0.4) is 0 Å². The predicted molar refractivity (Wildman–Crippen MR) is 76.2 cm³/mol. The molecule has 0 spiro atoms. The molecule has 0 heterocycles. The maximum atomic E-state index is 12.2. The first-order chi connectivity index (χ1) is 9.09. The van der Waals surface area contributed by atoms with Crippen molar-refractivity contribution in [2.75, 3.05) is 5.32 Å². The second-order valence-corrected chi connectivity index (χ2v) is 4.53. The van der Waals surface area contributed by atoms with Gasteiger partial charge in [0.25, 0.3) is 5.91 Å². The number of hydrogen-bond donors (Lipinski definition) is 2. The number of aryl methyl sites for hydroxylation is 1. The van der Waals surface area contributed by atoms with Gasteiger partial charge in [0.05, 0.1) is 6.10 Å². The van der Waals surface area contributed by atoms with Crippen molar-refractivity contribution in [3.63, 3.8) is 0 Å². The smallest absolute Gasteiger partial charge is 0.255 e. The van der Waals surface area contributed by atoms with Crippen LogP contribution in [0.1, 0.15) is 34.5 Å². The number of hydrogen-bond acceptors (Lipinski definition) is 2. The molecule has 1 atom stereocenters. The van der Waals surface area contributed by atoms with Crippen molar-refractivity contribution < 1.29 is 9.90 Å². The van der Waals surface area contributed by atoms with Gasteiger partial charge in [-0.15, -0.1) is 0 Å². The molecule has 0 fully saturated rings. The lowest BCUT2D eigenvalue weighted by Crippen LogP contribution is -2.15. The summed E-state index contributed by atoms with van der Waals surface area (Å²) in [7, 11) is 0. The summed E-state index contributed by atoms with van der Waals surface area (Å²) >= 11 is 0. The first kappa shape index (κ1) is 13.3. The minimum absolute atomic E-state index is 0.161. The largest absolute Gasteiger partial charge is 0.389 e. The van der Waals surface area contributed by atoms with E-state index in [1.54, 1.807) is 25.1 Å². The zero-order valence-electron chi connectivity index (χ0n) is 11.1. The van der Waals surface area contributed by atoms with Crippen LogP contribution in [0.2, 0.25) is 0 Å². The van der Waals surface area contributed by atoms with E-state index in [4.69, 9.17) is 0 Å². The molecule has 2 aromatic carbocycles. The summed E-state index contributed by atoms with van der Waals surface area (Å²) in [5.74, 6) is -0.161. The van der Waals surface area contributed by atoms with E-state index in [-0.39, 0.29) is 5.91 Å². The Hall–Kier alpha value is -2.13. The minimum Gasteiger partial charge on any atom is -0.389 e. The third-order valence-corrected chi connectivity index (χ3v) is 3.05. The summed E-state index contributed by atoms with van der Waals surface area (Å²) in [5.41, 5.74) is 2.92. The molecular weight excluding hydrogens is 238 g/mol. The molecule has 1 unspecified atom stereocenters. The Kier molecular flexibility index (Phi) is 3.97. The predicted octanol–water partition coefficient (Wildman–Crippen LogP) is 3.30. The lowest BCUT2D eigenvalue weighted by molar-refractivity contribution is 0.102. The van der Waals surface area contributed by atoms with Crippen molar-refractivity contribution in [1.82, 2.24) is 0 Å². The summed E-state index contributed by atoms with van der Waals surface area (Å²) in [6.45, 7) is 3.58. The topological polar surface area (TPSA) is 49.3 Å². The molecule has 0 aliphatic heterocycles. The number of nitrogens with one attached hydrogen (secondary N) is 1. The van der Waals surface area contributed by atoms with Crippen molar-refractivity contribution in [3.8, 4) is 0 Å². The molecule has 0 bridgehead atoms. The minimum atomic E-state index is -0.617. The van der Waals surface area contributed by atoms with Gasteiger partial charge < -0.3 is 10.4 Å². The van der Waals surface area contributed by atoms with E-state index in [2.05, 4.69) is 5.32 Å². The zero-order valence-corrected chi connectivity index (χ0v) is 11.1. The fraction of sp³-hybridized carbons (Fsp3) is 0.188. The molecule has 2 aromatic rings. The van der Waals surface area contributed by atoms with Gasteiger partial charge in [-0.3, -0.25) is 4.79 Å². The second-order valence-electron chi connectivity index (χ2n) is 4.53. The summed E-state index contributed by atoms with van der Waals surface area (Å²) in [4.78, 5) is 12.2. The third kappa shape index (κ3) is 3.01. The summed E-state index contributed by atoms with van der Waals surface area (Å²) in [5, 5.41) is 12.5. The molecule has 3 nitrogen and oxygen atoms in total. The molecule has 0 saturated carbocycles. The van der Waals surface area contributed by atoms with Crippen molar-refractivity contribution in [3.05, 3.63) is 65.2 Å². The molecule has 0 aliphatic carbocycles. The number of benzene rings is 2. The summed E-state index contributed by atoms with van der Waals surface area (Å²) < 4.78 is 0. The SMILES string of the molecule is Cc1ccccc1C(=O)Nc1ccccc1C(C)O. The monoisotopic (exact) mass is 255 g/mol.